The van der Waals surface area contributed by atoms with E-state index in [0.29, 0.717) is 39.5 Å². The molecule has 202 valence electrons. The summed E-state index contributed by atoms with van der Waals surface area (Å²) in [5, 5.41) is 9.26. The van der Waals surface area contributed by atoms with Crippen LogP contribution in [0.3, 0.4) is 0 Å². The smallest absolute Gasteiger partial charge is 0.307 e. The Morgan fingerprint density at radius 1 is 1.13 bits per heavy atom. The highest BCUT2D eigenvalue weighted by atomic mass is 19.1. The van der Waals surface area contributed by atoms with Gasteiger partial charge in [-0.15, -0.1) is 0 Å². The molecule has 2 saturated carbocycles. The molecule has 2 aliphatic carbocycles. The SMILES string of the molecule is CC1CCC1C1CCC1c1nc2cc(COc3ccccc3CC(=O)O)cc(-c3ccnc(CN)c3F)c2o1. The fraction of sp³-hybridized carbons (Fsp3) is 0.387. The number of hydrogen-bond acceptors (Lipinski definition) is 6. The molecule has 0 aliphatic heterocycles. The lowest BCUT2D eigenvalue weighted by Gasteiger charge is -2.48. The van der Waals surface area contributed by atoms with Crippen molar-refractivity contribution in [3.05, 3.63) is 77.2 Å². The molecular weight excluding hydrogens is 497 g/mol. The fourth-order valence-corrected chi connectivity index (χ4v) is 6.18. The van der Waals surface area contributed by atoms with Gasteiger partial charge in [-0.05, 0) is 66.8 Å². The molecule has 2 aromatic heterocycles. The standard InChI is InChI=1S/C31H32FN3O4/c1-17-6-7-20(17)21-8-9-23(21)31-35-25-13-18(16-38-27-5-3-2-4-19(27)14-28(36)37)12-24(30(25)39-31)22-10-11-34-26(15-33)29(22)32/h2-5,10-13,17,20-21,23H,6-9,14-16,33H2,1H3,(H,36,37). The summed E-state index contributed by atoms with van der Waals surface area (Å²) in [6.45, 7) is 2.47. The zero-order chi connectivity index (χ0) is 27.1. The molecule has 3 N–H and O–H groups in total. The molecule has 6 rings (SSSR count). The molecule has 8 heteroatoms. The van der Waals surface area contributed by atoms with Crippen molar-refractivity contribution in [1.29, 1.82) is 0 Å². The first-order valence-corrected chi connectivity index (χ1v) is 13.6. The van der Waals surface area contributed by atoms with Crippen molar-refractivity contribution in [3.63, 3.8) is 0 Å². The van der Waals surface area contributed by atoms with Crippen molar-refractivity contribution in [2.75, 3.05) is 0 Å². The third-order valence-corrected chi connectivity index (χ3v) is 8.60. The summed E-state index contributed by atoms with van der Waals surface area (Å²) >= 11 is 0. The minimum absolute atomic E-state index is 0.0169. The van der Waals surface area contributed by atoms with Crippen molar-refractivity contribution in [3.8, 4) is 16.9 Å². The van der Waals surface area contributed by atoms with Crippen LogP contribution in [-0.4, -0.2) is 21.0 Å². The highest BCUT2D eigenvalue weighted by Crippen LogP contribution is 2.54. The van der Waals surface area contributed by atoms with Crippen LogP contribution in [0.4, 0.5) is 4.39 Å². The summed E-state index contributed by atoms with van der Waals surface area (Å²) in [7, 11) is 0. The second kappa shape index (κ2) is 10.4. The number of aliphatic carboxylic acids is 1. The molecule has 4 atom stereocenters. The number of carboxylic acids is 1. The van der Waals surface area contributed by atoms with Crippen LogP contribution in [-0.2, 0) is 24.4 Å². The van der Waals surface area contributed by atoms with Crippen molar-refractivity contribution < 1.29 is 23.4 Å². The maximum Gasteiger partial charge on any atom is 0.307 e. The third kappa shape index (κ3) is 4.78. The van der Waals surface area contributed by atoms with E-state index in [1.54, 1.807) is 36.5 Å². The van der Waals surface area contributed by atoms with Crippen LogP contribution < -0.4 is 10.5 Å². The number of aromatic nitrogens is 2. The average Bonchev–Trinajstić information content (AvgIpc) is 3.32. The van der Waals surface area contributed by atoms with Crippen LogP contribution in [0.5, 0.6) is 5.75 Å². The second-order valence-electron chi connectivity index (χ2n) is 10.9. The number of ether oxygens (including phenoxy) is 1. The Kier molecular flexibility index (Phi) is 6.81. The molecule has 2 heterocycles. The number of oxazole rings is 1. The van der Waals surface area contributed by atoms with Gasteiger partial charge >= 0.3 is 5.97 Å². The molecule has 2 fully saturated rings. The number of nitrogens with two attached hydrogens (primary N) is 1. The normalized spacial score (nSPS) is 22.3. The molecule has 7 nitrogen and oxygen atoms in total. The Balaban J connectivity index is 1.38. The van der Waals surface area contributed by atoms with E-state index in [1.165, 1.54) is 19.3 Å². The van der Waals surface area contributed by atoms with Gasteiger partial charge < -0.3 is 20.0 Å². The molecule has 2 aromatic carbocycles. The molecule has 39 heavy (non-hydrogen) atoms. The first kappa shape index (κ1) is 25.5. The number of benzene rings is 2. The lowest BCUT2D eigenvalue weighted by molar-refractivity contribution is -0.136. The maximum absolute atomic E-state index is 15.5. The zero-order valence-corrected chi connectivity index (χ0v) is 21.9. The van der Waals surface area contributed by atoms with Gasteiger partial charge in [-0.1, -0.05) is 31.5 Å². The molecule has 0 radical (unpaired) electrons. The Morgan fingerprint density at radius 2 is 1.95 bits per heavy atom. The summed E-state index contributed by atoms with van der Waals surface area (Å²) < 4.78 is 27.9. The minimum atomic E-state index is -0.931. The first-order chi connectivity index (χ1) is 18.9. The maximum atomic E-state index is 15.5. The van der Waals surface area contributed by atoms with Crippen LogP contribution in [0.15, 0.2) is 53.1 Å². The molecule has 0 bridgehead atoms. The first-order valence-electron chi connectivity index (χ1n) is 13.6. The molecular formula is C31H32FN3O4. The summed E-state index contributed by atoms with van der Waals surface area (Å²) in [6.07, 6.45) is 6.21. The van der Waals surface area contributed by atoms with Gasteiger partial charge in [-0.25, -0.2) is 9.37 Å². The van der Waals surface area contributed by atoms with Crippen LogP contribution in [0.2, 0.25) is 0 Å². The van der Waals surface area contributed by atoms with Gasteiger partial charge in [0.25, 0.3) is 0 Å². The molecule has 4 unspecified atom stereocenters. The van der Waals surface area contributed by atoms with Crippen LogP contribution >= 0.6 is 0 Å². The predicted molar refractivity (Wildman–Crippen MR) is 145 cm³/mol. The van der Waals surface area contributed by atoms with Crippen LogP contribution in [0.1, 0.15) is 61.2 Å². The summed E-state index contributed by atoms with van der Waals surface area (Å²) in [6, 6.07) is 12.5. The third-order valence-electron chi connectivity index (χ3n) is 8.60. The number of carboxylic acid groups (broad SMARTS) is 1. The highest BCUT2D eigenvalue weighted by molar-refractivity contribution is 5.91. The monoisotopic (exact) mass is 529 g/mol. The molecule has 4 aromatic rings. The van der Waals surface area contributed by atoms with Gasteiger partial charge in [0.2, 0.25) is 0 Å². The molecule has 0 amide bonds. The summed E-state index contributed by atoms with van der Waals surface area (Å²) in [5.41, 5.74) is 9.40. The van der Waals surface area contributed by atoms with Crippen molar-refractivity contribution in [2.24, 2.45) is 23.5 Å². The quantitative estimate of drug-likeness (QED) is 0.264. The fourth-order valence-electron chi connectivity index (χ4n) is 6.18. The van der Waals surface area contributed by atoms with Crippen molar-refractivity contribution in [2.45, 2.75) is 58.1 Å². The summed E-state index contributed by atoms with van der Waals surface area (Å²) in [4.78, 5) is 20.3. The van der Waals surface area contributed by atoms with E-state index < -0.39 is 11.8 Å². The van der Waals surface area contributed by atoms with Gasteiger partial charge in [0.1, 0.15) is 17.9 Å². The van der Waals surface area contributed by atoms with E-state index in [9.17, 15) is 9.90 Å². The highest BCUT2D eigenvalue weighted by Gasteiger charge is 2.45. The Morgan fingerprint density at radius 3 is 2.64 bits per heavy atom. The van der Waals surface area contributed by atoms with Crippen molar-refractivity contribution >= 4 is 17.1 Å². The predicted octanol–water partition coefficient (Wildman–Crippen LogP) is 6.23. The largest absolute Gasteiger partial charge is 0.489 e. The van der Waals surface area contributed by atoms with E-state index >= 15 is 4.39 Å². The van der Waals surface area contributed by atoms with Gasteiger partial charge in [0, 0.05) is 35.3 Å². The molecule has 0 spiro atoms. The van der Waals surface area contributed by atoms with Gasteiger partial charge in [-0.3, -0.25) is 9.78 Å². The van der Waals surface area contributed by atoms with E-state index in [4.69, 9.17) is 19.9 Å². The number of carbonyl (C=O) groups is 1. The van der Waals surface area contributed by atoms with E-state index in [1.807, 2.05) is 12.1 Å². The second-order valence-corrected chi connectivity index (χ2v) is 10.9. The molecule has 2 aliphatic rings. The number of fused-ring (bicyclic) bond motifs is 1. The number of rotatable bonds is 9. The van der Waals surface area contributed by atoms with Crippen LogP contribution in [0, 0.1) is 23.6 Å². The van der Waals surface area contributed by atoms with Gasteiger partial charge in [-0.2, -0.15) is 0 Å². The Labute approximate surface area is 226 Å². The number of hydrogen-bond donors (Lipinski definition) is 2. The summed E-state index contributed by atoms with van der Waals surface area (Å²) in [5.74, 6) is 2.13. The number of nitrogens with zero attached hydrogens (tertiary/aromatic N) is 2. The topological polar surface area (TPSA) is 111 Å². The Hall–Kier alpha value is -3.78. The molecule has 0 saturated heterocycles. The van der Waals surface area contributed by atoms with Crippen LogP contribution in [0.25, 0.3) is 22.2 Å². The Bertz CT molecular complexity index is 1530. The number of pyridine rings is 1. The van der Waals surface area contributed by atoms with E-state index in [2.05, 4.69) is 11.9 Å². The van der Waals surface area contributed by atoms with E-state index in [-0.39, 0.29) is 31.2 Å². The average molecular weight is 530 g/mol. The van der Waals surface area contributed by atoms with Crippen molar-refractivity contribution in [1.82, 2.24) is 9.97 Å². The van der Waals surface area contributed by atoms with Gasteiger partial charge in [0.05, 0.1) is 12.1 Å². The zero-order valence-electron chi connectivity index (χ0n) is 21.9. The lowest BCUT2D eigenvalue weighted by Crippen LogP contribution is -2.39. The number of halogens is 1. The lowest BCUT2D eigenvalue weighted by atomic mass is 9.57. The number of para-hydroxylation sites is 1. The minimum Gasteiger partial charge on any atom is -0.489 e. The van der Waals surface area contributed by atoms with E-state index in [0.717, 1.165) is 29.7 Å². The van der Waals surface area contributed by atoms with Gasteiger partial charge in [0.15, 0.2) is 17.3 Å².